The van der Waals surface area contributed by atoms with Crippen LogP contribution in [0.15, 0.2) is 42.9 Å². The average molecular weight is 499 g/mol. The van der Waals surface area contributed by atoms with Crippen molar-refractivity contribution in [2.45, 2.75) is 46.0 Å². The SMILES string of the molecule is CCCc1ccc(C#Cc2c(CC)ncnc2-c2ccc(C(=O)N3CCC4(CC3)COC4)c(F)c2)cn1. The molecule has 0 atom stereocenters. The van der Waals surface area contributed by atoms with Crippen LogP contribution in [-0.4, -0.2) is 52.1 Å². The molecule has 190 valence electrons. The molecule has 1 amide bonds. The number of nitrogens with zero attached hydrogens (tertiary/aromatic N) is 4. The molecule has 4 heterocycles. The number of hydrogen-bond donors (Lipinski definition) is 0. The van der Waals surface area contributed by atoms with Crippen LogP contribution in [0.25, 0.3) is 11.3 Å². The number of benzene rings is 1. The number of carbonyl (C=O) groups is 1. The Bertz CT molecular complexity index is 1350. The molecule has 3 aromatic rings. The molecule has 2 fully saturated rings. The van der Waals surface area contributed by atoms with Gasteiger partial charge in [-0.3, -0.25) is 9.78 Å². The van der Waals surface area contributed by atoms with Gasteiger partial charge in [-0.15, -0.1) is 0 Å². The van der Waals surface area contributed by atoms with Crippen molar-refractivity contribution < 1.29 is 13.9 Å². The standard InChI is InChI=1S/C30H31FN4O2/c1-3-5-23-9-6-21(17-32-23)7-10-25-27(4-2)33-20-34-28(25)22-8-11-24(26(31)16-22)29(36)35-14-12-30(13-15-35)18-37-19-30/h6,8-9,11,16-17,20H,3-5,12-15,18-19H2,1-2H3. The first kappa shape index (κ1) is 25.0. The number of likely N-dealkylation sites (tertiary alicyclic amines) is 1. The van der Waals surface area contributed by atoms with Gasteiger partial charge < -0.3 is 9.64 Å². The first-order valence-electron chi connectivity index (χ1n) is 13.0. The second-order valence-electron chi connectivity index (χ2n) is 9.92. The van der Waals surface area contributed by atoms with Gasteiger partial charge >= 0.3 is 0 Å². The summed E-state index contributed by atoms with van der Waals surface area (Å²) in [5, 5.41) is 0. The third-order valence-corrected chi connectivity index (χ3v) is 7.32. The molecular weight excluding hydrogens is 467 g/mol. The van der Waals surface area contributed by atoms with E-state index < -0.39 is 5.82 Å². The summed E-state index contributed by atoms with van der Waals surface area (Å²) in [5.74, 6) is 5.54. The van der Waals surface area contributed by atoms with Crippen LogP contribution >= 0.6 is 0 Å². The number of hydrogen-bond acceptors (Lipinski definition) is 5. The molecule has 0 saturated carbocycles. The number of amides is 1. The van der Waals surface area contributed by atoms with Crippen molar-refractivity contribution in [2.75, 3.05) is 26.3 Å². The van der Waals surface area contributed by atoms with Crippen LogP contribution in [0.3, 0.4) is 0 Å². The maximum atomic E-state index is 15.3. The molecule has 2 aromatic heterocycles. The number of pyridine rings is 1. The van der Waals surface area contributed by atoms with Gasteiger partial charge in [-0.2, -0.15) is 0 Å². The quantitative estimate of drug-likeness (QED) is 0.471. The summed E-state index contributed by atoms with van der Waals surface area (Å²) >= 11 is 0. The first-order valence-corrected chi connectivity index (χ1v) is 13.0. The van der Waals surface area contributed by atoms with Crippen molar-refractivity contribution in [2.24, 2.45) is 5.41 Å². The fourth-order valence-corrected chi connectivity index (χ4v) is 4.95. The minimum absolute atomic E-state index is 0.0835. The Morgan fingerprint density at radius 2 is 1.89 bits per heavy atom. The van der Waals surface area contributed by atoms with Gasteiger partial charge in [0.25, 0.3) is 5.91 Å². The minimum atomic E-state index is -0.555. The van der Waals surface area contributed by atoms with E-state index in [4.69, 9.17) is 4.74 Å². The van der Waals surface area contributed by atoms with Crippen LogP contribution in [-0.2, 0) is 17.6 Å². The van der Waals surface area contributed by atoms with Crippen LogP contribution < -0.4 is 0 Å². The van der Waals surface area contributed by atoms with E-state index in [-0.39, 0.29) is 16.9 Å². The molecule has 0 aliphatic carbocycles. The van der Waals surface area contributed by atoms with E-state index in [1.807, 2.05) is 19.1 Å². The second-order valence-corrected chi connectivity index (χ2v) is 9.92. The van der Waals surface area contributed by atoms with E-state index in [0.717, 1.165) is 55.8 Å². The van der Waals surface area contributed by atoms with Crippen molar-refractivity contribution in [1.82, 2.24) is 19.9 Å². The number of carbonyl (C=O) groups excluding carboxylic acids is 1. The zero-order valence-electron chi connectivity index (χ0n) is 21.4. The van der Waals surface area contributed by atoms with Crippen molar-refractivity contribution in [3.05, 3.63) is 76.8 Å². The summed E-state index contributed by atoms with van der Waals surface area (Å²) in [6.45, 7) is 6.91. The summed E-state index contributed by atoms with van der Waals surface area (Å²) in [7, 11) is 0. The highest BCUT2D eigenvalue weighted by Gasteiger charge is 2.42. The van der Waals surface area contributed by atoms with Gasteiger partial charge in [0.2, 0.25) is 0 Å². The molecule has 0 unspecified atom stereocenters. The van der Waals surface area contributed by atoms with Crippen LogP contribution in [0.5, 0.6) is 0 Å². The van der Waals surface area contributed by atoms with E-state index in [0.29, 0.717) is 36.3 Å². The smallest absolute Gasteiger partial charge is 0.256 e. The van der Waals surface area contributed by atoms with E-state index in [1.165, 1.54) is 12.4 Å². The van der Waals surface area contributed by atoms with Crippen molar-refractivity contribution in [3.63, 3.8) is 0 Å². The lowest BCUT2D eigenvalue weighted by atomic mass is 9.77. The van der Waals surface area contributed by atoms with Crippen LogP contribution in [0, 0.1) is 23.1 Å². The molecule has 0 radical (unpaired) electrons. The maximum absolute atomic E-state index is 15.3. The van der Waals surface area contributed by atoms with Crippen LogP contribution in [0.2, 0.25) is 0 Å². The van der Waals surface area contributed by atoms with E-state index in [2.05, 4.69) is 33.7 Å². The molecule has 2 aliphatic rings. The molecule has 0 bridgehead atoms. The summed E-state index contributed by atoms with van der Waals surface area (Å²) in [4.78, 5) is 28.1. The molecule has 6 nitrogen and oxygen atoms in total. The van der Waals surface area contributed by atoms with Crippen LogP contribution in [0.1, 0.15) is 66.0 Å². The number of aromatic nitrogens is 3. The molecule has 5 rings (SSSR count). The van der Waals surface area contributed by atoms with Crippen molar-refractivity contribution >= 4 is 5.91 Å². The molecule has 37 heavy (non-hydrogen) atoms. The Kier molecular flexibility index (Phi) is 7.29. The van der Waals surface area contributed by atoms with Gasteiger partial charge in [-0.25, -0.2) is 14.4 Å². The molecule has 1 spiro atoms. The normalized spacial score (nSPS) is 16.1. The Hall–Kier alpha value is -3.63. The van der Waals surface area contributed by atoms with Gasteiger partial charge in [-0.1, -0.05) is 38.2 Å². The predicted molar refractivity (Wildman–Crippen MR) is 139 cm³/mol. The summed E-state index contributed by atoms with van der Waals surface area (Å²) in [6, 6.07) is 8.64. The predicted octanol–water partition coefficient (Wildman–Crippen LogP) is 4.85. The molecule has 7 heteroatoms. The average Bonchev–Trinajstić information content (AvgIpc) is 2.91. The highest BCUT2D eigenvalue weighted by molar-refractivity contribution is 5.95. The Morgan fingerprint density at radius 1 is 1.08 bits per heavy atom. The number of halogens is 1. The topological polar surface area (TPSA) is 68.2 Å². The molecular formula is C30H31FN4O2. The summed E-state index contributed by atoms with van der Waals surface area (Å²) < 4.78 is 20.6. The van der Waals surface area contributed by atoms with Gasteiger partial charge in [0.15, 0.2) is 0 Å². The zero-order chi connectivity index (χ0) is 25.8. The van der Waals surface area contributed by atoms with Crippen molar-refractivity contribution in [1.29, 1.82) is 0 Å². The minimum Gasteiger partial charge on any atom is -0.380 e. The molecule has 0 N–H and O–H groups in total. The van der Waals surface area contributed by atoms with Gasteiger partial charge in [0, 0.05) is 41.5 Å². The third kappa shape index (κ3) is 5.26. The number of rotatable bonds is 5. The Morgan fingerprint density at radius 3 is 2.51 bits per heavy atom. The highest BCUT2D eigenvalue weighted by atomic mass is 19.1. The largest absolute Gasteiger partial charge is 0.380 e. The van der Waals surface area contributed by atoms with Gasteiger partial charge in [-0.05, 0) is 49.9 Å². The zero-order valence-corrected chi connectivity index (χ0v) is 21.4. The third-order valence-electron chi connectivity index (χ3n) is 7.32. The fraction of sp³-hybridized carbons (Fsp3) is 0.400. The Labute approximate surface area is 217 Å². The lowest BCUT2D eigenvalue weighted by Gasteiger charge is -2.47. The lowest BCUT2D eigenvalue weighted by Crippen LogP contribution is -2.52. The second kappa shape index (κ2) is 10.8. The maximum Gasteiger partial charge on any atom is 0.256 e. The van der Waals surface area contributed by atoms with Gasteiger partial charge in [0.1, 0.15) is 12.1 Å². The summed E-state index contributed by atoms with van der Waals surface area (Å²) in [6.07, 6.45) is 7.68. The molecule has 2 saturated heterocycles. The van der Waals surface area contributed by atoms with Crippen molar-refractivity contribution in [3.8, 4) is 23.1 Å². The van der Waals surface area contributed by atoms with Crippen LogP contribution in [0.4, 0.5) is 4.39 Å². The molecule has 1 aromatic carbocycles. The number of ether oxygens (including phenoxy) is 1. The van der Waals surface area contributed by atoms with E-state index in [1.54, 1.807) is 23.2 Å². The van der Waals surface area contributed by atoms with E-state index in [9.17, 15) is 4.79 Å². The van der Waals surface area contributed by atoms with Gasteiger partial charge in [0.05, 0.1) is 35.7 Å². The fourth-order valence-electron chi connectivity index (χ4n) is 4.95. The number of aryl methyl sites for hydroxylation is 2. The highest BCUT2D eigenvalue weighted by Crippen LogP contribution is 2.38. The number of piperidine rings is 1. The molecule has 2 aliphatic heterocycles. The van der Waals surface area contributed by atoms with E-state index >= 15 is 4.39 Å². The Balaban J connectivity index is 1.40. The summed E-state index contributed by atoms with van der Waals surface area (Å²) in [5.41, 5.74) is 4.70. The lowest BCUT2D eigenvalue weighted by molar-refractivity contribution is -0.136. The first-order chi connectivity index (χ1) is 18.0. The monoisotopic (exact) mass is 498 g/mol.